The summed E-state index contributed by atoms with van der Waals surface area (Å²) in [5, 5.41) is 0. The molecule has 106 valence electrons. The van der Waals surface area contributed by atoms with Gasteiger partial charge >= 0.3 is 14.8 Å². The zero-order valence-corrected chi connectivity index (χ0v) is 12.6. The molecule has 0 spiro atoms. The molecule has 0 atom stereocenters. The number of esters is 1. The summed E-state index contributed by atoms with van der Waals surface area (Å²) in [5.41, 5.74) is 0. The van der Waals surface area contributed by atoms with Crippen LogP contribution in [0, 0.1) is 0 Å². The number of unbranched alkanes of at least 4 members (excludes halogenated alkanes) is 1. The molecular weight excluding hydrogens is 252 g/mol. The minimum absolute atomic E-state index is 0.385. The quantitative estimate of drug-likeness (QED) is 0.250. The molecule has 6 heteroatoms. The first kappa shape index (κ1) is 17.3. The summed E-state index contributed by atoms with van der Waals surface area (Å²) >= 11 is 0. The maximum absolute atomic E-state index is 10.8. The zero-order chi connectivity index (χ0) is 13.9. The number of carbonyl (C=O) groups excluding carboxylic acids is 1. The maximum atomic E-state index is 10.8. The number of ether oxygens (including phenoxy) is 1. The highest BCUT2D eigenvalue weighted by Crippen LogP contribution is 2.16. The fraction of sp³-hybridized carbons (Fsp3) is 0.750. The van der Waals surface area contributed by atoms with Gasteiger partial charge < -0.3 is 18.0 Å². The molecule has 0 unspecified atom stereocenters. The Morgan fingerprint density at radius 1 is 1.22 bits per heavy atom. The molecule has 18 heavy (non-hydrogen) atoms. The zero-order valence-electron chi connectivity index (χ0n) is 11.6. The average Bonchev–Trinajstić information content (AvgIpc) is 2.41. The van der Waals surface area contributed by atoms with Gasteiger partial charge in [-0.25, -0.2) is 4.79 Å². The van der Waals surface area contributed by atoms with Gasteiger partial charge in [0, 0.05) is 32.9 Å². The molecule has 0 bridgehead atoms. The van der Waals surface area contributed by atoms with Crippen molar-refractivity contribution in [1.29, 1.82) is 0 Å². The highest BCUT2D eigenvalue weighted by Gasteiger charge is 2.37. The van der Waals surface area contributed by atoms with Crippen LogP contribution >= 0.6 is 0 Å². The summed E-state index contributed by atoms with van der Waals surface area (Å²) < 4.78 is 21.4. The van der Waals surface area contributed by atoms with Crippen LogP contribution in [0.25, 0.3) is 0 Å². The fourth-order valence-corrected chi connectivity index (χ4v) is 3.47. The normalized spacial score (nSPS) is 11.3. The van der Waals surface area contributed by atoms with Crippen LogP contribution in [0.1, 0.15) is 26.2 Å². The summed E-state index contributed by atoms with van der Waals surface area (Å²) in [6.45, 7) is 6.33. The number of hydrogen-bond acceptors (Lipinski definition) is 5. The molecular formula is C12H24O5Si. The Labute approximate surface area is 110 Å². The van der Waals surface area contributed by atoms with Gasteiger partial charge in [-0.1, -0.05) is 19.9 Å². The monoisotopic (exact) mass is 276 g/mol. The van der Waals surface area contributed by atoms with Gasteiger partial charge in [0.1, 0.15) is 0 Å². The fourth-order valence-electron chi connectivity index (χ4n) is 1.45. The first-order valence-corrected chi connectivity index (χ1v) is 8.10. The van der Waals surface area contributed by atoms with Crippen molar-refractivity contribution < 1.29 is 22.8 Å². The molecule has 0 rings (SSSR count). The van der Waals surface area contributed by atoms with E-state index in [1.54, 1.807) is 14.2 Å². The van der Waals surface area contributed by atoms with Gasteiger partial charge in [-0.2, -0.15) is 0 Å². The van der Waals surface area contributed by atoms with E-state index in [4.69, 9.17) is 18.0 Å². The minimum atomic E-state index is -2.46. The van der Waals surface area contributed by atoms with E-state index in [2.05, 4.69) is 13.5 Å². The lowest BCUT2D eigenvalue weighted by atomic mass is 10.3. The second-order valence-electron chi connectivity index (χ2n) is 3.77. The molecule has 0 aliphatic heterocycles. The topological polar surface area (TPSA) is 54.0 Å². The van der Waals surface area contributed by atoms with E-state index in [-0.39, 0.29) is 5.97 Å². The van der Waals surface area contributed by atoms with Crippen molar-refractivity contribution in [3.8, 4) is 0 Å². The van der Waals surface area contributed by atoms with Crippen molar-refractivity contribution in [3.05, 3.63) is 12.7 Å². The van der Waals surface area contributed by atoms with Gasteiger partial charge in [-0.3, -0.25) is 0 Å². The summed E-state index contributed by atoms with van der Waals surface area (Å²) in [4.78, 5) is 10.8. The molecule has 0 saturated carbocycles. The van der Waals surface area contributed by atoms with E-state index in [0.717, 1.165) is 31.4 Å². The number of rotatable bonds is 11. The third kappa shape index (κ3) is 6.90. The molecule has 0 aromatic heterocycles. The van der Waals surface area contributed by atoms with Crippen molar-refractivity contribution in [3.63, 3.8) is 0 Å². The Hall–Kier alpha value is -0.693. The number of hydrogen-bond donors (Lipinski definition) is 0. The van der Waals surface area contributed by atoms with Gasteiger partial charge in [0.15, 0.2) is 0 Å². The smallest absolute Gasteiger partial charge is 0.463 e. The van der Waals surface area contributed by atoms with E-state index >= 15 is 0 Å². The molecule has 0 radical (unpaired) electrons. The highest BCUT2D eigenvalue weighted by molar-refractivity contribution is 6.60. The molecule has 0 heterocycles. The maximum Gasteiger partial charge on any atom is 0.500 e. The standard InChI is InChI=1S/C12H24O5Si/c1-5-11-18(14-3,15-4)17-10-8-7-9-16-12(13)6-2/h6H,2,5,7-11H2,1,3-4H3. The van der Waals surface area contributed by atoms with E-state index < -0.39 is 8.80 Å². The summed E-state index contributed by atoms with van der Waals surface area (Å²) in [5.74, 6) is -0.389. The highest BCUT2D eigenvalue weighted by atomic mass is 28.4. The molecule has 0 N–H and O–H groups in total. The van der Waals surface area contributed by atoms with Gasteiger partial charge in [0.05, 0.1) is 6.61 Å². The van der Waals surface area contributed by atoms with Crippen molar-refractivity contribution in [2.75, 3.05) is 27.4 Å². The molecule has 0 aromatic carbocycles. The van der Waals surface area contributed by atoms with E-state index in [9.17, 15) is 4.79 Å². The average molecular weight is 276 g/mol. The predicted molar refractivity (Wildman–Crippen MR) is 71.2 cm³/mol. The summed E-state index contributed by atoms with van der Waals surface area (Å²) in [7, 11) is 0.788. The second-order valence-corrected chi connectivity index (χ2v) is 6.74. The van der Waals surface area contributed by atoms with Crippen LogP contribution in [0.4, 0.5) is 0 Å². The molecule has 0 aliphatic rings. The van der Waals surface area contributed by atoms with Gasteiger partial charge in [-0.05, 0) is 12.8 Å². The molecule has 0 saturated heterocycles. The second kappa shape index (κ2) is 10.2. The van der Waals surface area contributed by atoms with Crippen molar-refractivity contribution >= 4 is 14.8 Å². The molecule has 0 aliphatic carbocycles. The van der Waals surface area contributed by atoms with Gasteiger partial charge in [0.2, 0.25) is 0 Å². The van der Waals surface area contributed by atoms with Crippen LogP contribution in [0.2, 0.25) is 6.04 Å². The first-order valence-electron chi connectivity index (χ1n) is 6.17. The van der Waals surface area contributed by atoms with Crippen molar-refractivity contribution in [1.82, 2.24) is 0 Å². The van der Waals surface area contributed by atoms with Crippen LogP contribution in [-0.2, 0) is 22.8 Å². The van der Waals surface area contributed by atoms with E-state index in [0.29, 0.717) is 13.2 Å². The number of carbonyl (C=O) groups is 1. The molecule has 5 nitrogen and oxygen atoms in total. The Balaban J connectivity index is 3.73. The predicted octanol–water partition coefficient (Wildman–Crippen LogP) is 2.15. The lowest BCUT2D eigenvalue weighted by Gasteiger charge is -2.25. The third-order valence-electron chi connectivity index (χ3n) is 2.45. The summed E-state index contributed by atoms with van der Waals surface area (Å²) in [6, 6.07) is 0.811. The van der Waals surface area contributed by atoms with Gasteiger partial charge in [-0.15, -0.1) is 0 Å². The van der Waals surface area contributed by atoms with Gasteiger partial charge in [0.25, 0.3) is 0 Å². The first-order chi connectivity index (χ1) is 8.64. The lowest BCUT2D eigenvalue weighted by Crippen LogP contribution is -2.43. The van der Waals surface area contributed by atoms with Crippen LogP contribution in [0.5, 0.6) is 0 Å². The summed E-state index contributed by atoms with van der Waals surface area (Å²) in [6.07, 6.45) is 3.68. The third-order valence-corrected chi connectivity index (χ3v) is 5.45. The Morgan fingerprint density at radius 2 is 1.83 bits per heavy atom. The van der Waals surface area contributed by atoms with Crippen molar-refractivity contribution in [2.24, 2.45) is 0 Å². The Bertz CT molecular complexity index is 241. The van der Waals surface area contributed by atoms with Crippen molar-refractivity contribution in [2.45, 2.75) is 32.2 Å². The van der Waals surface area contributed by atoms with E-state index in [1.807, 2.05) is 0 Å². The molecule has 0 amide bonds. The Kier molecular flexibility index (Phi) is 9.86. The SMILES string of the molecule is C=CC(=O)OCCCCO[Si](CCC)(OC)OC. The van der Waals surface area contributed by atoms with E-state index in [1.165, 1.54) is 0 Å². The molecule has 0 aromatic rings. The van der Waals surface area contributed by atoms with Crippen LogP contribution in [0.15, 0.2) is 12.7 Å². The minimum Gasteiger partial charge on any atom is -0.463 e. The lowest BCUT2D eigenvalue weighted by molar-refractivity contribution is -0.137. The van der Waals surface area contributed by atoms with Crippen LogP contribution < -0.4 is 0 Å². The molecule has 0 fully saturated rings. The Morgan fingerprint density at radius 3 is 2.33 bits per heavy atom. The largest absolute Gasteiger partial charge is 0.500 e. The van der Waals surface area contributed by atoms with Crippen LogP contribution in [0.3, 0.4) is 0 Å². The van der Waals surface area contributed by atoms with Crippen LogP contribution in [-0.4, -0.2) is 42.2 Å².